The average molecular weight is 373 g/mol. The van der Waals surface area contributed by atoms with Crippen molar-refractivity contribution in [3.05, 3.63) is 35.4 Å². The van der Waals surface area contributed by atoms with E-state index in [0.29, 0.717) is 25.7 Å². The summed E-state index contributed by atoms with van der Waals surface area (Å²) in [4.78, 5) is 29.5. The van der Waals surface area contributed by atoms with Gasteiger partial charge in [0.15, 0.2) is 0 Å². The van der Waals surface area contributed by atoms with E-state index in [1.807, 2.05) is 37.8 Å². The van der Waals surface area contributed by atoms with Gasteiger partial charge in [-0.05, 0) is 64.5 Å². The predicted octanol–water partition coefficient (Wildman–Crippen LogP) is 4.13. The fraction of sp³-hybridized carbons (Fsp3) is 0.636. The van der Waals surface area contributed by atoms with Gasteiger partial charge in [-0.25, -0.2) is 4.79 Å². The number of benzene rings is 1. The van der Waals surface area contributed by atoms with Crippen molar-refractivity contribution in [2.75, 3.05) is 13.1 Å². The van der Waals surface area contributed by atoms with Crippen LogP contribution in [0.1, 0.15) is 57.6 Å². The van der Waals surface area contributed by atoms with Crippen LogP contribution in [0.3, 0.4) is 0 Å². The molecule has 3 rings (SSSR count). The third-order valence-corrected chi connectivity index (χ3v) is 5.29. The lowest BCUT2D eigenvalue weighted by molar-refractivity contribution is -0.138. The lowest BCUT2D eigenvalue weighted by Gasteiger charge is -2.36. The third-order valence-electron chi connectivity index (χ3n) is 5.29. The molecule has 5 heteroatoms. The third kappa shape index (κ3) is 5.24. The van der Waals surface area contributed by atoms with Crippen molar-refractivity contribution < 1.29 is 14.3 Å². The molecule has 1 aliphatic carbocycles. The second-order valence-corrected chi connectivity index (χ2v) is 8.89. The van der Waals surface area contributed by atoms with E-state index in [1.165, 1.54) is 11.1 Å². The number of amides is 2. The highest BCUT2D eigenvalue weighted by Crippen LogP contribution is 2.32. The normalized spacial score (nSPS) is 20.3. The standard InChI is InChI=1S/C22H32N2O3/c1-16-8-5-6-9-17(16)15-24(19-11-12-19)20(25)18-10-7-13-23(14-18)21(26)27-22(2,3)4/h5-6,8-9,18-19H,7,10-15H2,1-4H3. The number of ether oxygens (including phenoxy) is 1. The highest BCUT2D eigenvalue weighted by molar-refractivity contribution is 5.81. The van der Waals surface area contributed by atoms with Crippen molar-refractivity contribution in [2.24, 2.45) is 5.92 Å². The summed E-state index contributed by atoms with van der Waals surface area (Å²) in [7, 11) is 0. The first kappa shape index (κ1) is 19.7. The van der Waals surface area contributed by atoms with Crippen LogP contribution in [-0.4, -0.2) is 46.5 Å². The molecule has 0 bridgehead atoms. The lowest BCUT2D eigenvalue weighted by Crippen LogP contribution is -2.48. The highest BCUT2D eigenvalue weighted by Gasteiger charge is 2.38. The SMILES string of the molecule is Cc1ccccc1CN(C(=O)C1CCCN(C(=O)OC(C)(C)C)C1)C1CC1. The monoisotopic (exact) mass is 372 g/mol. The van der Waals surface area contributed by atoms with Gasteiger partial charge in [0.2, 0.25) is 5.91 Å². The van der Waals surface area contributed by atoms with Gasteiger partial charge < -0.3 is 14.5 Å². The van der Waals surface area contributed by atoms with E-state index in [2.05, 4.69) is 19.1 Å². The number of aryl methyl sites for hydroxylation is 1. The molecule has 148 valence electrons. The van der Waals surface area contributed by atoms with Gasteiger partial charge in [0, 0.05) is 25.7 Å². The Morgan fingerprint density at radius 1 is 1.19 bits per heavy atom. The van der Waals surface area contributed by atoms with E-state index >= 15 is 0 Å². The Bertz CT molecular complexity index is 691. The molecule has 0 radical (unpaired) electrons. The zero-order valence-electron chi connectivity index (χ0n) is 17.0. The number of likely N-dealkylation sites (tertiary alicyclic amines) is 1. The van der Waals surface area contributed by atoms with E-state index in [0.717, 1.165) is 25.7 Å². The predicted molar refractivity (Wildman–Crippen MR) is 105 cm³/mol. The first-order valence-corrected chi connectivity index (χ1v) is 10.1. The summed E-state index contributed by atoms with van der Waals surface area (Å²) in [6, 6.07) is 8.61. The molecule has 1 saturated carbocycles. The molecule has 2 aliphatic rings. The molecule has 1 aromatic rings. The van der Waals surface area contributed by atoms with Crippen LogP contribution < -0.4 is 0 Å². The number of nitrogens with zero attached hydrogens (tertiary/aromatic N) is 2. The highest BCUT2D eigenvalue weighted by atomic mass is 16.6. The van der Waals surface area contributed by atoms with Crippen LogP contribution >= 0.6 is 0 Å². The number of piperidine rings is 1. The summed E-state index contributed by atoms with van der Waals surface area (Å²) in [6.45, 7) is 9.50. The van der Waals surface area contributed by atoms with E-state index in [4.69, 9.17) is 4.74 Å². The number of carbonyl (C=O) groups is 2. The molecule has 1 unspecified atom stereocenters. The van der Waals surface area contributed by atoms with Gasteiger partial charge in [0.1, 0.15) is 5.60 Å². The minimum absolute atomic E-state index is 0.129. The van der Waals surface area contributed by atoms with Crippen LogP contribution in [0.4, 0.5) is 4.79 Å². The molecule has 1 atom stereocenters. The summed E-state index contributed by atoms with van der Waals surface area (Å²) in [5.74, 6) is 0.0601. The Labute approximate surface area is 162 Å². The van der Waals surface area contributed by atoms with E-state index in [-0.39, 0.29) is 17.9 Å². The minimum Gasteiger partial charge on any atom is -0.444 e. The largest absolute Gasteiger partial charge is 0.444 e. The van der Waals surface area contributed by atoms with Gasteiger partial charge in [-0.15, -0.1) is 0 Å². The molecule has 1 aromatic carbocycles. The van der Waals surface area contributed by atoms with E-state index < -0.39 is 5.60 Å². The molecule has 2 fully saturated rings. The first-order valence-electron chi connectivity index (χ1n) is 10.1. The molecule has 1 saturated heterocycles. The van der Waals surface area contributed by atoms with Gasteiger partial charge in [-0.3, -0.25) is 4.79 Å². The maximum Gasteiger partial charge on any atom is 0.410 e. The van der Waals surface area contributed by atoms with E-state index in [9.17, 15) is 9.59 Å². The maximum atomic E-state index is 13.3. The zero-order valence-corrected chi connectivity index (χ0v) is 17.0. The fourth-order valence-electron chi connectivity index (χ4n) is 3.65. The molecule has 1 aliphatic heterocycles. The van der Waals surface area contributed by atoms with E-state index in [1.54, 1.807) is 4.90 Å². The van der Waals surface area contributed by atoms with Crippen molar-refractivity contribution >= 4 is 12.0 Å². The number of hydrogen-bond donors (Lipinski definition) is 0. The quantitative estimate of drug-likeness (QED) is 0.798. The Kier molecular flexibility index (Phi) is 5.78. The average Bonchev–Trinajstić information content (AvgIpc) is 3.44. The van der Waals surface area contributed by atoms with Crippen molar-refractivity contribution in [3.63, 3.8) is 0 Å². The fourth-order valence-corrected chi connectivity index (χ4v) is 3.65. The molecule has 0 aromatic heterocycles. The molecular formula is C22H32N2O3. The van der Waals surface area contributed by atoms with Crippen LogP contribution in [0, 0.1) is 12.8 Å². The van der Waals surface area contributed by atoms with Crippen LogP contribution in [0.25, 0.3) is 0 Å². The summed E-state index contributed by atoms with van der Waals surface area (Å²) in [5.41, 5.74) is 1.91. The molecule has 5 nitrogen and oxygen atoms in total. The summed E-state index contributed by atoms with van der Waals surface area (Å²) >= 11 is 0. The Morgan fingerprint density at radius 2 is 1.89 bits per heavy atom. The molecule has 0 N–H and O–H groups in total. The smallest absolute Gasteiger partial charge is 0.410 e. The second-order valence-electron chi connectivity index (χ2n) is 8.89. The van der Waals surface area contributed by atoms with Crippen LogP contribution in [0.5, 0.6) is 0 Å². The minimum atomic E-state index is -0.515. The first-order chi connectivity index (χ1) is 12.7. The lowest BCUT2D eigenvalue weighted by atomic mass is 9.96. The summed E-state index contributed by atoms with van der Waals surface area (Å²) in [6.07, 6.45) is 3.55. The van der Waals surface area contributed by atoms with Gasteiger partial charge in [0.25, 0.3) is 0 Å². The summed E-state index contributed by atoms with van der Waals surface area (Å²) in [5, 5.41) is 0. The van der Waals surface area contributed by atoms with Gasteiger partial charge in [0.05, 0.1) is 5.92 Å². The molecule has 1 heterocycles. The molecule has 0 spiro atoms. The molecule has 2 amide bonds. The van der Waals surface area contributed by atoms with Gasteiger partial charge >= 0.3 is 6.09 Å². The van der Waals surface area contributed by atoms with Crippen LogP contribution in [0.2, 0.25) is 0 Å². The number of rotatable bonds is 4. The van der Waals surface area contributed by atoms with Crippen molar-refractivity contribution in [3.8, 4) is 0 Å². The zero-order chi connectivity index (χ0) is 19.6. The van der Waals surface area contributed by atoms with Crippen molar-refractivity contribution in [1.29, 1.82) is 0 Å². The van der Waals surface area contributed by atoms with Crippen LogP contribution in [0.15, 0.2) is 24.3 Å². The Balaban J connectivity index is 1.67. The Hall–Kier alpha value is -2.04. The van der Waals surface area contributed by atoms with Crippen LogP contribution in [-0.2, 0) is 16.1 Å². The van der Waals surface area contributed by atoms with Crippen molar-refractivity contribution in [2.45, 2.75) is 71.6 Å². The van der Waals surface area contributed by atoms with Gasteiger partial charge in [-0.2, -0.15) is 0 Å². The molecular weight excluding hydrogens is 340 g/mol. The topological polar surface area (TPSA) is 49.9 Å². The summed E-state index contributed by atoms with van der Waals surface area (Å²) < 4.78 is 5.50. The van der Waals surface area contributed by atoms with Crippen molar-refractivity contribution in [1.82, 2.24) is 9.80 Å². The second kappa shape index (κ2) is 7.91. The maximum absolute atomic E-state index is 13.3. The number of hydrogen-bond acceptors (Lipinski definition) is 3. The van der Waals surface area contributed by atoms with Gasteiger partial charge in [-0.1, -0.05) is 24.3 Å². The number of carbonyl (C=O) groups excluding carboxylic acids is 2. The Morgan fingerprint density at radius 3 is 2.52 bits per heavy atom. The molecule has 27 heavy (non-hydrogen) atoms.